The number of nitrogens with zero attached hydrogens (tertiary/aromatic N) is 2. The van der Waals surface area contributed by atoms with Gasteiger partial charge in [-0.25, -0.2) is 4.98 Å². The molecule has 2 heterocycles. The molecule has 0 saturated carbocycles. The predicted octanol–water partition coefficient (Wildman–Crippen LogP) is 3.64. The molecule has 0 unspecified atom stereocenters. The lowest BCUT2D eigenvalue weighted by atomic mass is 10.2. The Hall–Kier alpha value is -2.60. The van der Waals surface area contributed by atoms with E-state index in [-0.39, 0.29) is 23.0 Å². The fourth-order valence-electron chi connectivity index (χ4n) is 1.94. The summed E-state index contributed by atoms with van der Waals surface area (Å²) in [6.45, 7) is 0. The number of fused-ring (bicyclic) bond motifs is 1. The van der Waals surface area contributed by atoms with E-state index in [1.807, 2.05) is 0 Å². The van der Waals surface area contributed by atoms with E-state index in [1.54, 1.807) is 24.3 Å². The van der Waals surface area contributed by atoms with Crippen molar-refractivity contribution in [2.45, 2.75) is 0 Å². The molecule has 0 spiro atoms. The Labute approximate surface area is 117 Å². The first-order valence-electron chi connectivity index (χ1n) is 5.65. The summed E-state index contributed by atoms with van der Waals surface area (Å²) < 4.78 is 5.58. The van der Waals surface area contributed by atoms with Crippen molar-refractivity contribution in [2.75, 3.05) is 5.73 Å². The number of hydrogen-bond donors (Lipinski definition) is 1. The van der Waals surface area contributed by atoms with Crippen molar-refractivity contribution in [3.8, 4) is 11.5 Å². The summed E-state index contributed by atoms with van der Waals surface area (Å²) in [4.78, 5) is 14.5. The summed E-state index contributed by atoms with van der Waals surface area (Å²) in [6, 6.07) is 9.57. The van der Waals surface area contributed by atoms with Crippen LogP contribution in [0.1, 0.15) is 0 Å². The highest BCUT2D eigenvalue weighted by Crippen LogP contribution is 2.35. The summed E-state index contributed by atoms with van der Waals surface area (Å²) in [5, 5.41) is 12.2. The van der Waals surface area contributed by atoms with Crippen molar-refractivity contribution in [3.63, 3.8) is 0 Å². The van der Waals surface area contributed by atoms with E-state index in [2.05, 4.69) is 4.98 Å². The van der Waals surface area contributed by atoms with Crippen LogP contribution in [0.4, 0.5) is 11.5 Å². The van der Waals surface area contributed by atoms with Gasteiger partial charge in [-0.2, -0.15) is 0 Å². The van der Waals surface area contributed by atoms with E-state index in [9.17, 15) is 10.1 Å². The normalized spacial score (nSPS) is 10.8. The maximum absolute atomic E-state index is 11.0. The molecule has 6 nitrogen and oxygen atoms in total. The zero-order valence-corrected chi connectivity index (χ0v) is 10.8. The van der Waals surface area contributed by atoms with Crippen molar-refractivity contribution in [1.82, 2.24) is 4.98 Å². The van der Waals surface area contributed by atoms with Gasteiger partial charge >= 0.3 is 0 Å². The lowest BCUT2D eigenvalue weighted by Crippen LogP contribution is -1.97. The molecular weight excluding hydrogens is 282 g/mol. The predicted molar refractivity (Wildman–Crippen MR) is 75.5 cm³/mol. The molecule has 0 aliphatic rings. The number of halogens is 1. The fourth-order valence-corrected chi connectivity index (χ4v) is 2.16. The lowest BCUT2D eigenvalue weighted by molar-refractivity contribution is -0.384. The molecule has 3 rings (SSSR count). The number of benzene rings is 1. The molecule has 0 saturated heterocycles. The van der Waals surface area contributed by atoms with Crippen molar-refractivity contribution >= 4 is 34.1 Å². The Bertz CT molecular complexity index is 829. The Morgan fingerprint density at radius 2 is 2.10 bits per heavy atom. The molecule has 0 atom stereocenters. The highest BCUT2D eigenvalue weighted by Gasteiger charge is 2.21. The second kappa shape index (κ2) is 4.50. The van der Waals surface area contributed by atoms with Crippen LogP contribution in [0.15, 0.2) is 40.8 Å². The molecule has 0 fully saturated rings. The molecule has 0 aliphatic carbocycles. The number of para-hydroxylation sites is 1. The highest BCUT2D eigenvalue weighted by molar-refractivity contribution is 6.34. The fraction of sp³-hybridized carbons (Fsp3) is 0. The van der Waals surface area contributed by atoms with Crippen LogP contribution in [0.5, 0.6) is 0 Å². The topological polar surface area (TPSA) is 95.2 Å². The molecule has 100 valence electrons. The highest BCUT2D eigenvalue weighted by atomic mass is 35.5. The van der Waals surface area contributed by atoms with E-state index < -0.39 is 4.92 Å². The minimum atomic E-state index is -0.531. The summed E-state index contributed by atoms with van der Waals surface area (Å²) in [5.41, 5.74) is 5.96. The second-order valence-corrected chi connectivity index (χ2v) is 4.54. The van der Waals surface area contributed by atoms with Crippen LogP contribution in [-0.2, 0) is 0 Å². The van der Waals surface area contributed by atoms with Gasteiger partial charge in [0, 0.05) is 11.5 Å². The quantitative estimate of drug-likeness (QED) is 0.574. The van der Waals surface area contributed by atoms with Crippen LogP contribution in [0.2, 0.25) is 5.02 Å². The van der Waals surface area contributed by atoms with E-state index in [0.29, 0.717) is 10.6 Å². The zero-order chi connectivity index (χ0) is 14.3. The first-order chi connectivity index (χ1) is 9.56. The molecular formula is C13H8ClN3O3. The van der Waals surface area contributed by atoms with E-state index in [0.717, 1.165) is 5.39 Å². The summed E-state index contributed by atoms with van der Waals surface area (Å²) in [5.74, 6) is 0.434. The number of nitro groups is 1. The first-order valence-corrected chi connectivity index (χ1v) is 6.03. The van der Waals surface area contributed by atoms with Gasteiger partial charge < -0.3 is 10.2 Å². The molecule has 2 aromatic heterocycles. The third-order valence-electron chi connectivity index (χ3n) is 2.82. The van der Waals surface area contributed by atoms with Crippen LogP contribution >= 0.6 is 11.6 Å². The largest absolute Gasteiger partial charge is 0.453 e. The van der Waals surface area contributed by atoms with Gasteiger partial charge in [-0.15, -0.1) is 0 Å². The standard InChI is InChI=1S/C13H8ClN3O3/c14-8-3-1-2-7-6-10(20-13(7)8)12-9(17(18)19)4-5-11(15)16-12/h1-6H,(H2,15,16). The van der Waals surface area contributed by atoms with E-state index in [4.69, 9.17) is 21.8 Å². The van der Waals surface area contributed by atoms with Gasteiger partial charge in [0.2, 0.25) is 0 Å². The Kier molecular flexibility index (Phi) is 2.80. The van der Waals surface area contributed by atoms with Crippen LogP contribution in [0.25, 0.3) is 22.4 Å². The number of pyridine rings is 1. The summed E-state index contributed by atoms with van der Waals surface area (Å²) in [6.07, 6.45) is 0. The Morgan fingerprint density at radius 3 is 2.80 bits per heavy atom. The zero-order valence-electron chi connectivity index (χ0n) is 10.0. The van der Waals surface area contributed by atoms with Crippen LogP contribution in [-0.4, -0.2) is 9.91 Å². The summed E-state index contributed by atoms with van der Waals surface area (Å²) in [7, 11) is 0. The number of aromatic nitrogens is 1. The number of rotatable bonds is 2. The van der Waals surface area contributed by atoms with Gasteiger partial charge in [-0.3, -0.25) is 10.1 Å². The second-order valence-electron chi connectivity index (χ2n) is 4.13. The SMILES string of the molecule is Nc1ccc([N+](=O)[O-])c(-c2cc3cccc(Cl)c3o2)n1. The van der Waals surface area contributed by atoms with Gasteiger partial charge in [0.05, 0.1) is 9.95 Å². The molecule has 0 aliphatic heterocycles. The van der Waals surface area contributed by atoms with Gasteiger partial charge in [-0.05, 0) is 18.2 Å². The van der Waals surface area contributed by atoms with Gasteiger partial charge in [0.1, 0.15) is 5.82 Å². The number of hydrogen-bond acceptors (Lipinski definition) is 5. The maximum Gasteiger partial charge on any atom is 0.298 e. The molecule has 20 heavy (non-hydrogen) atoms. The first kappa shape index (κ1) is 12.4. The maximum atomic E-state index is 11.0. The smallest absolute Gasteiger partial charge is 0.298 e. The van der Waals surface area contributed by atoms with Crippen molar-refractivity contribution < 1.29 is 9.34 Å². The molecule has 0 amide bonds. The van der Waals surface area contributed by atoms with E-state index >= 15 is 0 Å². The minimum Gasteiger partial charge on any atom is -0.453 e. The minimum absolute atomic E-state index is 0.0854. The average molecular weight is 290 g/mol. The monoisotopic (exact) mass is 289 g/mol. The molecule has 0 radical (unpaired) electrons. The lowest BCUT2D eigenvalue weighted by Gasteiger charge is -1.99. The Morgan fingerprint density at radius 1 is 1.30 bits per heavy atom. The van der Waals surface area contributed by atoms with Crippen LogP contribution in [0, 0.1) is 10.1 Å². The number of furan rings is 1. The van der Waals surface area contributed by atoms with Crippen LogP contribution in [0.3, 0.4) is 0 Å². The van der Waals surface area contributed by atoms with Crippen molar-refractivity contribution in [3.05, 3.63) is 51.5 Å². The number of anilines is 1. The number of nitrogens with two attached hydrogens (primary N) is 1. The molecule has 2 N–H and O–H groups in total. The van der Waals surface area contributed by atoms with Crippen molar-refractivity contribution in [2.24, 2.45) is 0 Å². The van der Waals surface area contributed by atoms with Gasteiger partial charge in [0.25, 0.3) is 5.69 Å². The molecule has 1 aromatic carbocycles. The third kappa shape index (κ3) is 1.96. The average Bonchev–Trinajstić information content (AvgIpc) is 2.83. The van der Waals surface area contributed by atoms with Crippen molar-refractivity contribution in [1.29, 1.82) is 0 Å². The van der Waals surface area contributed by atoms with Gasteiger partial charge in [0.15, 0.2) is 17.0 Å². The Balaban J connectivity index is 2.27. The summed E-state index contributed by atoms with van der Waals surface area (Å²) >= 11 is 6.02. The third-order valence-corrected chi connectivity index (χ3v) is 3.12. The van der Waals surface area contributed by atoms with Crippen LogP contribution < -0.4 is 5.73 Å². The van der Waals surface area contributed by atoms with Gasteiger partial charge in [-0.1, -0.05) is 23.7 Å². The molecule has 0 bridgehead atoms. The van der Waals surface area contributed by atoms with E-state index in [1.165, 1.54) is 12.1 Å². The molecule has 3 aromatic rings. The number of nitrogen functional groups attached to an aromatic ring is 1. The molecule has 7 heteroatoms.